The lowest BCUT2D eigenvalue weighted by Crippen LogP contribution is -2.44. The van der Waals surface area contributed by atoms with Crippen molar-refractivity contribution in [2.45, 2.75) is 44.7 Å². The van der Waals surface area contributed by atoms with Gasteiger partial charge in [-0.2, -0.15) is 0 Å². The number of nitrogens with zero attached hydrogens (tertiary/aromatic N) is 4. The first kappa shape index (κ1) is 27.7. The average molecular weight is 601 g/mol. The van der Waals surface area contributed by atoms with Gasteiger partial charge in [-0.3, -0.25) is 18.8 Å². The maximum atomic E-state index is 13.8. The molecule has 2 N–H and O–H groups in total. The van der Waals surface area contributed by atoms with Gasteiger partial charge < -0.3 is 15.4 Å². The van der Waals surface area contributed by atoms with Gasteiger partial charge in [0.15, 0.2) is 0 Å². The number of hydrogen-bond acceptors (Lipinski definition) is 8. The van der Waals surface area contributed by atoms with Crippen molar-refractivity contribution in [3.8, 4) is 11.6 Å². The number of carbonyl (C=O) groups excluding carboxylic acids is 3. The number of aryl methyl sites for hydroxylation is 1. The molecule has 214 valence electrons. The van der Waals surface area contributed by atoms with Gasteiger partial charge >= 0.3 is 6.03 Å². The Bertz CT molecular complexity index is 1710. The second-order valence-electron chi connectivity index (χ2n) is 10.2. The summed E-state index contributed by atoms with van der Waals surface area (Å²) in [7, 11) is 0. The van der Waals surface area contributed by atoms with E-state index in [4.69, 9.17) is 4.74 Å². The normalized spacial score (nSPS) is 17.9. The van der Waals surface area contributed by atoms with E-state index < -0.39 is 6.03 Å². The number of thiol groups is 1. The van der Waals surface area contributed by atoms with Crippen molar-refractivity contribution >= 4 is 69.3 Å². The summed E-state index contributed by atoms with van der Waals surface area (Å²) in [5.74, 6) is 0.511. The summed E-state index contributed by atoms with van der Waals surface area (Å²) in [6, 6.07) is 12.2. The van der Waals surface area contributed by atoms with Crippen LogP contribution in [0.5, 0.6) is 11.6 Å². The largest absolute Gasteiger partial charge is 0.439 e. The number of para-hydroxylation sites is 1. The van der Waals surface area contributed by atoms with Gasteiger partial charge in [-0.1, -0.05) is 37.6 Å². The minimum absolute atomic E-state index is 0.0691. The van der Waals surface area contributed by atoms with Gasteiger partial charge in [0.1, 0.15) is 15.5 Å². The molecule has 3 aromatic heterocycles. The van der Waals surface area contributed by atoms with Crippen molar-refractivity contribution in [1.29, 1.82) is 0 Å². The third kappa shape index (κ3) is 5.19. The van der Waals surface area contributed by atoms with E-state index in [2.05, 4.69) is 40.0 Å². The molecule has 0 saturated heterocycles. The molecule has 1 fully saturated rings. The number of ether oxygens (including phenoxy) is 1. The van der Waals surface area contributed by atoms with Crippen molar-refractivity contribution < 1.29 is 19.1 Å². The zero-order valence-electron chi connectivity index (χ0n) is 22.7. The van der Waals surface area contributed by atoms with Gasteiger partial charge in [-0.25, -0.2) is 14.8 Å². The van der Waals surface area contributed by atoms with Gasteiger partial charge in [-0.15, -0.1) is 11.3 Å². The lowest BCUT2D eigenvalue weighted by atomic mass is 9.90. The number of urea groups is 1. The number of carbonyl (C=O) groups is 3. The van der Waals surface area contributed by atoms with E-state index in [1.54, 1.807) is 29.4 Å². The Labute approximate surface area is 251 Å². The molecule has 0 bridgehead atoms. The van der Waals surface area contributed by atoms with Crippen LogP contribution >= 0.6 is 24.2 Å². The molecule has 12 heteroatoms. The van der Waals surface area contributed by atoms with Crippen LogP contribution in [-0.2, 0) is 4.79 Å². The molecule has 1 aliphatic heterocycles. The van der Waals surface area contributed by atoms with Crippen molar-refractivity contribution in [3.05, 3.63) is 78.0 Å². The van der Waals surface area contributed by atoms with Crippen molar-refractivity contribution in [3.63, 3.8) is 0 Å². The smallest absolute Gasteiger partial charge is 0.331 e. The summed E-state index contributed by atoms with van der Waals surface area (Å²) >= 11 is 5.81. The summed E-state index contributed by atoms with van der Waals surface area (Å²) in [5, 5.41) is 6.54. The molecule has 42 heavy (non-hydrogen) atoms. The van der Waals surface area contributed by atoms with Crippen LogP contribution in [0, 0.1) is 6.92 Å². The van der Waals surface area contributed by atoms with E-state index in [-0.39, 0.29) is 23.9 Å². The second-order valence-corrected chi connectivity index (χ2v) is 11.6. The number of rotatable bonds is 7. The number of thiophene rings is 1. The molecule has 4 aromatic rings. The zero-order valence-corrected chi connectivity index (χ0v) is 24.5. The van der Waals surface area contributed by atoms with E-state index >= 15 is 0 Å². The highest BCUT2D eigenvalue weighted by Gasteiger charge is 2.36. The first-order valence-corrected chi connectivity index (χ1v) is 14.7. The lowest BCUT2D eigenvalue weighted by Gasteiger charge is -2.34. The minimum atomic E-state index is -0.417. The molecular formula is C30H28N6O4S2. The van der Waals surface area contributed by atoms with Gasteiger partial charge in [-0.05, 0) is 62.4 Å². The highest BCUT2D eigenvalue weighted by atomic mass is 32.1. The van der Waals surface area contributed by atoms with Gasteiger partial charge in [0.25, 0.3) is 5.91 Å². The Hall–Kier alpha value is -4.42. The van der Waals surface area contributed by atoms with Crippen molar-refractivity contribution in [2.24, 2.45) is 0 Å². The van der Waals surface area contributed by atoms with Crippen LogP contribution in [0.4, 0.5) is 21.9 Å². The molecule has 1 aromatic carbocycles. The number of benzene rings is 1. The highest BCUT2D eigenvalue weighted by molar-refractivity contribution is 7.78. The van der Waals surface area contributed by atoms with Crippen LogP contribution in [0.3, 0.4) is 0 Å². The molecule has 2 aliphatic rings. The van der Waals surface area contributed by atoms with Gasteiger partial charge in [0, 0.05) is 24.3 Å². The van der Waals surface area contributed by atoms with Gasteiger partial charge in [0.05, 0.1) is 28.6 Å². The maximum Gasteiger partial charge on any atom is 0.331 e. The standard InChI is InChI=1S/C30H28N6O4S2/c1-3-23(37)33-18-8-7-9-19(15-18)36(41)29(38)27-26-25-21(12-13-31-28(25)42-27)35(30(39)34-26)22-16-32-24(14-17(22)2)40-20-10-5-4-6-11-20/h3-6,10-14,16,18-19,41H,1,7-9,15H2,2H3,(H,33,37)(H,34,39)/t18-,19-/m0/s1. The number of aromatic nitrogens is 2. The Morgan fingerprint density at radius 1 is 1.21 bits per heavy atom. The fourth-order valence-corrected chi connectivity index (χ4v) is 6.88. The Morgan fingerprint density at radius 2 is 2.02 bits per heavy atom. The fraction of sp³-hybridized carbons (Fsp3) is 0.233. The molecule has 1 aliphatic carbocycles. The highest BCUT2D eigenvalue weighted by Crippen LogP contribution is 2.47. The van der Waals surface area contributed by atoms with Crippen LogP contribution in [0.1, 0.15) is 40.9 Å². The summed E-state index contributed by atoms with van der Waals surface area (Å²) in [6.07, 6.45) is 7.48. The first-order valence-electron chi connectivity index (χ1n) is 13.5. The van der Waals surface area contributed by atoms with E-state index in [1.807, 2.05) is 37.3 Å². The third-order valence-electron chi connectivity index (χ3n) is 7.44. The molecule has 10 nitrogen and oxygen atoms in total. The molecule has 0 spiro atoms. The number of nitrogens with one attached hydrogen (secondary N) is 2. The molecule has 0 radical (unpaired) electrons. The second kappa shape index (κ2) is 11.5. The van der Waals surface area contributed by atoms with E-state index in [0.29, 0.717) is 50.2 Å². The van der Waals surface area contributed by atoms with Gasteiger partial charge in [0.2, 0.25) is 11.8 Å². The lowest BCUT2D eigenvalue weighted by molar-refractivity contribution is -0.117. The maximum absolute atomic E-state index is 13.8. The van der Waals surface area contributed by atoms with Crippen LogP contribution in [0.2, 0.25) is 0 Å². The van der Waals surface area contributed by atoms with E-state index in [0.717, 1.165) is 24.8 Å². The average Bonchev–Trinajstić information content (AvgIpc) is 3.37. The molecule has 2 atom stereocenters. The molecular weight excluding hydrogens is 573 g/mol. The Morgan fingerprint density at radius 3 is 2.79 bits per heavy atom. The molecule has 4 heterocycles. The minimum Gasteiger partial charge on any atom is -0.439 e. The predicted molar refractivity (Wildman–Crippen MR) is 166 cm³/mol. The predicted octanol–water partition coefficient (Wildman–Crippen LogP) is 6.38. The molecule has 6 rings (SSSR count). The molecule has 0 unspecified atom stereocenters. The zero-order chi connectivity index (χ0) is 29.4. The number of hydrogen-bond donors (Lipinski definition) is 3. The monoisotopic (exact) mass is 600 g/mol. The van der Waals surface area contributed by atoms with Crippen LogP contribution in [-0.4, -0.2) is 44.2 Å². The van der Waals surface area contributed by atoms with Crippen LogP contribution < -0.4 is 20.3 Å². The molecule has 1 saturated carbocycles. The number of amides is 4. The van der Waals surface area contributed by atoms with E-state index in [9.17, 15) is 14.4 Å². The summed E-state index contributed by atoms with van der Waals surface area (Å²) < 4.78 is 7.28. The molecule has 4 amide bonds. The first-order chi connectivity index (χ1) is 20.3. The quantitative estimate of drug-likeness (QED) is 0.168. The van der Waals surface area contributed by atoms with Crippen LogP contribution in [0.15, 0.2) is 67.5 Å². The topological polar surface area (TPSA) is 117 Å². The summed E-state index contributed by atoms with van der Waals surface area (Å²) in [6.45, 7) is 5.39. The number of anilines is 3. The number of pyridine rings is 2. The van der Waals surface area contributed by atoms with E-state index in [1.165, 1.54) is 21.7 Å². The fourth-order valence-electron chi connectivity index (χ4n) is 5.44. The summed E-state index contributed by atoms with van der Waals surface area (Å²) in [5.41, 5.74) is 2.38. The third-order valence-corrected chi connectivity index (χ3v) is 9.03. The Balaban J connectivity index is 1.29. The van der Waals surface area contributed by atoms with Crippen molar-refractivity contribution in [2.75, 3.05) is 10.2 Å². The van der Waals surface area contributed by atoms with Crippen LogP contribution in [0.25, 0.3) is 10.2 Å². The van der Waals surface area contributed by atoms with Crippen molar-refractivity contribution in [1.82, 2.24) is 19.6 Å². The SMILES string of the molecule is C=CC(=O)N[C@H]1CCC[C@H](N(S)C(=O)c2sc3nccc4c3c2NC(=O)N4c2cnc(Oc3ccccc3)cc2C)C1. The Kier molecular flexibility index (Phi) is 7.56. The summed E-state index contributed by atoms with van der Waals surface area (Å²) in [4.78, 5) is 50.6.